The van der Waals surface area contributed by atoms with Gasteiger partial charge < -0.3 is 9.47 Å². The van der Waals surface area contributed by atoms with Crippen LogP contribution in [0.4, 0.5) is 4.79 Å². The number of allylic oxidation sites excluding steroid dienone is 1. The van der Waals surface area contributed by atoms with Crippen molar-refractivity contribution in [3.05, 3.63) is 77.4 Å². The predicted molar refractivity (Wildman–Crippen MR) is 146 cm³/mol. The molecular weight excluding hydrogens is 498 g/mol. The van der Waals surface area contributed by atoms with Crippen molar-refractivity contribution in [3.63, 3.8) is 0 Å². The highest BCUT2D eigenvalue weighted by Gasteiger charge is 2.43. The normalized spacial score (nSPS) is 16.8. The van der Waals surface area contributed by atoms with Crippen LogP contribution in [-0.4, -0.2) is 53.2 Å². The molecule has 0 bridgehead atoms. The molecule has 206 valence electrons. The van der Waals surface area contributed by atoms with Gasteiger partial charge in [0.1, 0.15) is 6.61 Å². The fraction of sp³-hybridized carbons (Fsp3) is 0.387. The van der Waals surface area contributed by atoms with Crippen LogP contribution < -0.4 is 0 Å². The number of benzene rings is 2. The second-order valence-electron chi connectivity index (χ2n) is 9.80. The summed E-state index contributed by atoms with van der Waals surface area (Å²) >= 11 is 0. The molecule has 2 aromatic carbocycles. The topological polar surface area (TPSA) is 107 Å². The molecule has 0 N–H and O–H groups in total. The highest BCUT2D eigenvalue weighted by Crippen LogP contribution is 2.25. The first-order chi connectivity index (χ1) is 18.6. The number of nitrogens with zero attached hydrogens (tertiary/aromatic N) is 1. The maximum atomic E-state index is 13.6. The van der Waals surface area contributed by atoms with Crippen LogP contribution in [0.3, 0.4) is 0 Å². The van der Waals surface area contributed by atoms with Gasteiger partial charge in [0.2, 0.25) is 5.91 Å². The number of amides is 2. The number of Topliss-reactive ketones (excluding diaryl/α,β-unsaturated/α-hetero) is 1. The first-order valence-electron chi connectivity index (χ1n) is 13.2. The Labute approximate surface area is 229 Å². The van der Waals surface area contributed by atoms with E-state index in [9.17, 15) is 24.0 Å². The average Bonchev–Trinajstić information content (AvgIpc) is 3.27. The molecule has 8 heteroatoms. The molecule has 2 aromatic rings. The predicted octanol–water partition coefficient (Wildman–Crippen LogP) is 4.86. The lowest BCUT2D eigenvalue weighted by Gasteiger charge is -2.26. The zero-order chi connectivity index (χ0) is 28.5. The SMILES string of the molecule is CCCCC(=O)/C(=C\C(=O)[C@@H](OC(C)=O)[C@H](C)C(=O)N1C(=O)OC[C@@H]1Cc1ccccc1)c1cccc(C)c1. The minimum atomic E-state index is -1.53. The minimum Gasteiger partial charge on any atom is -0.453 e. The zero-order valence-electron chi connectivity index (χ0n) is 22.8. The van der Waals surface area contributed by atoms with E-state index < -0.39 is 41.8 Å². The fourth-order valence-electron chi connectivity index (χ4n) is 4.53. The third-order valence-electron chi connectivity index (χ3n) is 6.60. The monoisotopic (exact) mass is 533 g/mol. The van der Waals surface area contributed by atoms with Gasteiger partial charge in [-0.25, -0.2) is 9.69 Å². The molecular formula is C31H35NO7. The summed E-state index contributed by atoms with van der Waals surface area (Å²) < 4.78 is 10.5. The van der Waals surface area contributed by atoms with Crippen molar-refractivity contribution in [2.24, 2.45) is 5.92 Å². The van der Waals surface area contributed by atoms with Crippen molar-refractivity contribution < 1.29 is 33.4 Å². The van der Waals surface area contributed by atoms with Crippen LogP contribution in [-0.2, 0) is 35.1 Å². The molecule has 3 rings (SSSR count). The molecule has 0 aromatic heterocycles. The lowest BCUT2D eigenvalue weighted by atomic mass is 9.92. The quantitative estimate of drug-likeness (QED) is 0.283. The van der Waals surface area contributed by atoms with Crippen LogP contribution in [0.1, 0.15) is 56.7 Å². The van der Waals surface area contributed by atoms with Crippen LogP contribution in [0.15, 0.2) is 60.7 Å². The van der Waals surface area contributed by atoms with Gasteiger partial charge in [-0.2, -0.15) is 0 Å². The van der Waals surface area contributed by atoms with Crippen LogP contribution in [0.2, 0.25) is 0 Å². The number of hydrogen-bond acceptors (Lipinski definition) is 7. The average molecular weight is 534 g/mol. The molecule has 3 atom stereocenters. The molecule has 0 spiro atoms. The van der Waals surface area contributed by atoms with Gasteiger partial charge in [-0.15, -0.1) is 0 Å². The second kappa shape index (κ2) is 13.6. The lowest BCUT2D eigenvalue weighted by molar-refractivity contribution is -0.158. The molecule has 1 aliphatic heterocycles. The molecule has 1 heterocycles. The standard InChI is InChI=1S/C31H35NO7/c1-5-6-15-27(34)26(24-14-10-11-20(2)16-24)18-28(35)29(39-22(4)33)21(3)30(36)32-25(19-38-31(32)37)17-23-12-8-7-9-13-23/h7-14,16,18,21,25,29H,5-6,15,17,19H2,1-4H3/b26-18-/t21-,25-,29-/m0/s1. The van der Waals surface area contributed by atoms with Gasteiger partial charge in [0.05, 0.1) is 12.0 Å². The van der Waals surface area contributed by atoms with Crippen molar-refractivity contribution in [1.29, 1.82) is 0 Å². The van der Waals surface area contributed by atoms with Crippen LogP contribution in [0, 0.1) is 12.8 Å². The minimum absolute atomic E-state index is 0.0156. The lowest BCUT2D eigenvalue weighted by Crippen LogP contribution is -2.48. The van der Waals surface area contributed by atoms with Crippen molar-refractivity contribution >= 4 is 35.1 Å². The van der Waals surface area contributed by atoms with E-state index in [-0.39, 0.29) is 24.4 Å². The third kappa shape index (κ3) is 7.72. The van der Waals surface area contributed by atoms with E-state index >= 15 is 0 Å². The van der Waals surface area contributed by atoms with E-state index in [2.05, 4.69) is 0 Å². The van der Waals surface area contributed by atoms with E-state index in [0.29, 0.717) is 18.4 Å². The number of imide groups is 1. The summed E-state index contributed by atoms with van der Waals surface area (Å²) in [6.45, 7) is 6.42. The summed E-state index contributed by atoms with van der Waals surface area (Å²) in [7, 11) is 0. The summed E-state index contributed by atoms with van der Waals surface area (Å²) in [4.78, 5) is 65.7. The van der Waals surface area contributed by atoms with Crippen LogP contribution in [0.25, 0.3) is 5.57 Å². The molecule has 1 fully saturated rings. The van der Waals surface area contributed by atoms with Gasteiger partial charge in [-0.05, 0) is 43.9 Å². The Morgan fingerprint density at radius 3 is 2.46 bits per heavy atom. The molecule has 1 saturated heterocycles. The number of hydrogen-bond donors (Lipinski definition) is 0. The first-order valence-corrected chi connectivity index (χ1v) is 13.2. The van der Waals surface area contributed by atoms with Gasteiger partial charge in [-0.1, -0.05) is 73.5 Å². The number of esters is 1. The van der Waals surface area contributed by atoms with Crippen molar-refractivity contribution in [2.75, 3.05) is 6.61 Å². The number of cyclic esters (lactones) is 1. The number of aryl methyl sites for hydroxylation is 1. The van der Waals surface area contributed by atoms with Crippen LogP contribution >= 0.6 is 0 Å². The Morgan fingerprint density at radius 1 is 1.10 bits per heavy atom. The van der Waals surface area contributed by atoms with Crippen LogP contribution in [0.5, 0.6) is 0 Å². The van der Waals surface area contributed by atoms with E-state index in [1.54, 1.807) is 18.2 Å². The maximum Gasteiger partial charge on any atom is 0.416 e. The summed E-state index contributed by atoms with van der Waals surface area (Å²) in [5.41, 5.74) is 2.58. The molecule has 1 aliphatic rings. The Hall–Kier alpha value is -4.07. The summed E-state index contributed by atoms with van der Waals surface area (Å²) in [5, 5.41) is 0. The molecule has 0 aliphatic carbocycles. The molecule has 2 amide bonds. The molecule has 39 heavy (non-hydrogen) atoms. The third-order valence-corrected chi connectivity index (χ3v) is 6.60. The first kappa shape index (κ1) is 29.5. The summed E-state index contributed by atoms with van der Waals surface area (Å²) in [6.07, 6.45) is 0.898. The van der Waals surface area contributed by atoms with E-state index in [1.807, 2.05) is 50.2 Å². The van der Waals surface area contributed by atoms with Crippen molar-refractivity contribution in [2.45, 2.75) is 65.5 Å². The number of carbonyl (C=O) groups excluding carboxylic acids is 5. The Balaban J connectivity index is 1.92. The Kier molecular flexibility index (Phi) is 10.3. The number of rotatable bonds is 12. The molecule has 8 nitrogen and oxygen atoms in total. The smallest absolute Gasteiger partial charge is 0.416 e. The van der Waals surface area contributed by atoms with Gasteiger partial charge in [0.25, 0.3) is 0 Å². The van der Waals surface area contributed by atoms with Gasteiger partial charge >= 0.3 is 12.1 Å². The number of ketones is 2. The number of unbranched alkanes of at least 4 members (excludes halogenated alkanes) is 1. The summed E-state index contributed by atoms with van der Waals surface area (Å²) in [5.74, 6) is -3.59. The Morgan fingerprint density at radius 2 is 1.82 bits per heavy atom. The van der Waals surface area contributed by atoms with Crippen molar-refractivity contribution in [1.82, 2.24) is 4.90 Å². The van der Waals surface area contributed by atoms with Gasteiger partial charge in [0.15, 0.2) is 17.7 Å². The number of ether oxygens (including phenoxy) is 2. The van der Waals surface area contributed by atoms with Gasteiger partial charge in [-0.3, -0.25) is 19.2 Å². The van der Waals surface area contributed by atoms with Crippen molar-refractivity contribution in [3.8, 4) is 0 Å². The van der Waals surface area contributed by atoms with E-state index in [4.69, 9.17) is 9.47 Å². The maximum absolute atomic E-state index is 13.6. The molecule has 0 unspecified atom stereocenters. The Bertz CT molecular complexity index is 1250. The summed E-state index contributed by atoms with van der Waals surface area (Å²) in [6, 6.07) is 16.0. The fourth-order valence-corrected chi connectivity index (χ4v) is 4.53. The van der Waals surface area contributed by atoms with E-state index in [0.717, 1.165) is 35.4 Å². The van der Waals surface area contributed by atoms with E-state index in [1.165, 1.54) is 6.92 Å². The van der Waals surface area contributed by atoms with Gasteiger partial charge in [0, 0.05) is 18.9 Å². The largest absolute Gasteiger partial charge is 0.453 e. The molecule has 0 radical (unpaired) electrons. The zero-order valence-corrected chi connectivity index (χ0v) is 22.8. The highest BCUT2D eigenvalue weighted by atomic mass is 16.6. The second-order valence-corrected chi connectivity index (χ2v) is 9.80. The highest BCUT2D eigenvalue weighted by molar-refractivity contribution is 6.25. The molecule has 0 saturated carbocycles. The number of carbonyl (C=O) groups is 5.